The molecule has 3 rings (SSSR count). The summed E-state index contributed by atoms with van der Waals surface area (Å²) < 4.78 is 0. The van der Waals surface area contributed by atoms with E-state index >= 15 is 0 Å². The first-order chi connectivity index (χ1) is 11.1. The molecule has 1 fully saturated rings. The van der Waals surface area contributed by atoms with Gasteiger partial charge in [-0.25, -0.2) is 0 Å². The lowest BCUT2D eigenvalue weighted by molar-refractivity contribution is -0.121. The van der Waals surface area contributed by atoms with Gasteiger partial charge in [0.05, 0.1) is 16.8 Å². The Bertz CT molecular complexity index is 793. The van der Waals surface area contributed by atoms with Gasteiger partial charge in [-0.1, -0.05) is 18.6 Å². The summed E-state index contributed by atoms with van der Waals surface area (Å²) in [6, 6.07) is 8.49. The Morgan fingerprint density at radius 3 is 3.09 bits per heavy atom. The zero-order valence-electron chi connectivity index (χ0n) is 13.5. The number of nitrogens with zero attached hydrogens (tertiary/aromatic N) is 3. The second-order valence-electron chi connectivity index (χ2n) is 6.01. The normalized spacial score (nSPS) is 17.3. The first kappa shape index (κ1) is 15.3. The highest BCUT2D eigenvalue weighted by atomic mass is 16.1. The Morgan fingerprint density at radius 1 is 1.52 bits per heavy atom. The molecule has 1 aromatic heterocycles. The van der Waals surface area contributed by atoms with Crippen molar-refractivity contribution in [2.75, 3.05) is 18.0 Å². The highest BCUT2D eigenvalue weighted by molar-refractivity contribution is 5.95. The van der Waals surface area contributed by atoms with Crippen LogP contribution in [-0.4, -0.2) is 30.0 Å². The second-order valence-corrected chi connectivity index (χ2v) is 6.01. The summed E-state index contributed by atoms with van der Waals surface area (Å²) >= 11 is 0. The first-order valence-electron chi connectivity index (χ1n) is 7.96. The van der Waals surface area contributed by atoms with Crippen LogP contribution in [0.2, 0.25) is 0 Å². The third-order valence-corrected chi connectivity index (χ3v) is 4.31. The molecule has 23 heavy (non-hydrogen) atoms. The number of fused-ring (bicyclic) bond motifs is 1. The van der Waals surface area contributed by atoms with E-state index in [1.807, 2.05) is 26.0 Å². The zero-order chi connectivity index (χ0) is 16.4. The molecule has 1 aliphatic heterocycles. The third kappa shape index (κ3) is 2.98. The van der Waals surface area contributed by atoms with E-state index in [0.29, 0.717) is 12.0 Å². The number of nitrogens with one attached hydrogen (secondary N) is 1. The molecule has 0 spiro atoms. The van der Waals surface area contributed by atoms with Gasteiger partial charge in [0, 0.05) is 37.1 Å². The van der Waals surface area contributed by atoms with Crippen molar-refractivity contribution < 1.29 is 4.79 Å². The standard InChI is InChI=1S/C18H20N4O/c1-3-17(23)21-14-6-7-22(11-14)18-13(9-19)10-20-16-5-4-12(2)8-15(16)18/h4-5,8,10,14H,3,6-7,11H2,1-2H3,(H,21,23)/t14-/m0/s1. The Morgan fingerprint density at radius 2 is 2.35 bits per heavy atom. The van der Waals surface area contributed by atoms with Crippen molar-refractivity contribution in [2.24, 2.45) is 0 Å². The van der Waals surface area contributed by atoms with E-state index in [-0.39, 0.29) is 11.9 Å². The van der Waals surface area contributed by atoms with Crippen molar-refractivity contribution in [3.63, 3.8) is 0 Å². The minimum absolute atomic E-state index is 0.0767. The van der Waals surface area contributed by atoms with E-state index in [2.05, 4.69) is 27.3 Å². The number of carbonyl (C=O) groups excluding carboxylic acids is 1. The number of nitriles is 1. The Hall–Kier alpha value is -2.61. The van der Waals surface area contributed by atoms with Crippen molar-refractivity contribution in [1.82, 2.24) is 10.3 Å². The lowest BCUT2D eigenvalue weighted by Crippen LogP contribution is -2.36. The van der Waals surface area contributed by atoms with Gasteiger partial charge in [-0.2, -0.15) is 5.26 Å². The molecular weight excluding hydrogens is 288 g/mol. The SMILES string of the molecule is CCC(=O)N[C@H]1CCN(c2c(C#N)cnc3ccc(C)cc23)C1. The fourth-order valence-corrected chi connectivity index (χ4v) is 3.13. The molecule has 5 nitrogen and oxygen atoms in total. The van der Waals surface area contributed by atoms with Crippen LogP contribution in [0.5, 0.6) is 0 Å². The summed E-state index contributed by atoms with van der Waals surface area (Å²) in [5.74, 6) is 0.0767. The Balaban J connectivity index is 1.98. The predicted molar refractivity (Wildman–Crippen MR) is 90.2 cm³/mol. The van der Waals surface area contributed by atoms with Crippen LogP contribution in [-0.2, 0) is 4.79 Å². The largest absolute Gasteiger partial charge is 0.368 e. The van der Waals surface area contributed by atoms with Gasteiger partial charge in [-0.05, 0) is 25.5 Å². The number of hydrogen-bond acceptors (Lipinski definition) is 4. The number of rotatable bonds is 3. The van der Waals surface area contributed by atoms with E-state index in [1.54, 1.807) is 6.20 Å². The van der Waals surface area contributed by atoms with Crippen LogP contribution in [0.4, 0.5) is 5.69 Å². The van der Waals surface area contributed by atoms with Crippen LogP contribution in [0, 0.1) is 18.3 Å². The minimum atomic E-state index is 0.0767. The Labute approximate surface area is 135 Å². The molecule has 1 atom stereocenters. The first-order valence-corrected chi connectivity index (χ1v) is 7.96. The highest BCUT2D eigenvalue weighted by Gasteiger charge is 2.26. The molecule has 1 aromatic carbocycles. The fraction of sp³-hybridized carbons (Fsp3) is 0.389. The van der Waals surface area contributed by atoms with Crippen LogP contribution in [0.25, 0.3) is 10.9 Å². The van der Waals surface area contributed by atoms with Crippen LogP contribution in [0.3, 0.4) is 0 Å². The minimum Gasteiger partial charge on any atom is -0.368 e. The van der Waals surface area contributed by atoms with Crippen molar-refractivity contribution in [1.29, 1.82) is 5.26 Å². The van der Waals surface area contributed by atoms with Gasteiger partial charge >= 0.3 is 0 Å². The van der Waals surface area contributed by atoms with Gasteiger partial charge in [0.2, 0.25) is 5.91 Å². The predicted octanol–water partition coefficient (Wildman–Crippen LogP) is 2.52. The van der Waals surface area contributed by atoms with Gasteiger partial charge in [-0.3, -0.25) is 9.78 Å². The number of pyridine rings is 1. The molecule has 1 amide bonds. The van der Waals surface area contributed by atoms with Crippen molar-refractivity contribution in [3.8, 4) is 6.07 Å². The number of hydrogen-bond donors (Lipinski definition) is 1. The molecule has 0 aliphatic carbocycles. The molecule has 0 saturated carbocycles. The monoisotopic (exact) mass is 308 g/mol. The van der Waals surface area contributed by atoms with Crippen LogP contribution in [0.1, 0.15) is 30.9 Å². The lowest BCUT2D eigenvalue weighted by atomic mass is 10.1. The number of benzene rings is 1. The number of aromatic nitrogens is 1. The molecular formula is C18H20N4O. The third-order valence-electron chi connectivity index (χ3n) is 4.31. The summed E-state index contributed by atoms with van der Waals surface area (Å²) in [5.41, 5.74) is 3.57. The quantitative estimate of drug-likeness (QED) is 0.946. The molecule has 0 bridgehead atoms. The molecule has 1 N–H and O–H groups in total. The van der Waals surface area contributed by atoms with Gasteiger partial charge in [0.15, 0.2) is 0 Å². The molecule has 0 unspecified atom stereocenters. The van der Waals surface area contributed by atoms with E-state index in [9.17, 15) is 10.1 Å². The smallest absolute Gasteiger partial charge is 0.219 e. The van der Waals surface area contributed by atoms with Crippen molar-refractivity contribution in [3.05, 3.63) is 35.5 Å². The van der Waals surface area contributed by atoms with E-state index < -0.39 is 0 Å². The molecule has 1 saturated heterocycles. The molecule has 5 heteroatoms. The molecule has 118 valence electrons. The average Bonchev–Trinajstić information content (AvgIpc) is 3.01. The number of carbonyl (C=O) groups is 1. The molecule has 1 aliphatic rings. The molecule has 2 aromatic rings. The van der Waals surface area contributed by atoms with Gasteiger partial charge in [0.1, 0.15) is 6.07 Å². The molecule has 0 radical (unpaired) electrons. The van der Waals surface area contributed by atoms with E-state index in [0.717, 1.165) is 41.7 Å². The number of anilines is 1. The van der Waals surface area contributed by atoms with Crippen molar-refractivity contribution >= 4 is 22.5 Å². The van der Waals surface area contributed by atoms with Crippen LogP contribution < -0.4 is 10.2 Å². The van der Waals surface area contributed by atoms with Crippen molar-refractivity contribution in [2.45, 2.75) is 32.7 Å². The summed E-state index contributed by atoms with van der Waals surface area (Å²) in [6.07, 6.45) is 3.04. The fourth-order valence-electron chi connectivity index (χ4n) is 3.13. The maximum absolute atomic E-state index is 11.6. The maximum Gasteiger partial charge on any atom is 0.219 e. The van der Waals surface area contributed by atoms with Gasteiger partial charge in [-0.15, -0.1) is 0 Å². The van der Waals surface area contributed by atoms with E-state index in [4.69, 9.17) is 0 Å². The van der Waals surface area contributed by atoms with Crippen LogP contribution >= 0.6 is 0 Å². The summed E-state index contributed by atoms with van der Waals surface area (Å²) in [7, 11) is 0. The summed E-state index contributed by atoms with van der Waals surface area (Å²) in [4.78, 5) is 18.2. The highest BCUT2D eigenvalue weighted by Crippen LogP contribution is 2.32. The number of amides is 1. The van der Waals surface area contributed by atoms with Gasteiger partial charge in [0.25, 0.3) is 0 Å². The van der Waals surface area contributed by atoms with Gasteiger partial charge < -0.3 is 10.2 Å². The summed E-state index contributed by atoms with van der Waals surface area (Å²) in [6.45, 7) is 5.45. The number of aryl methyl sites for hydroxylation is 1. The second kappa shape index (κ2) is 6.25. The zero-order valence-corrected chi connectivity index (χ0v) is 13.5. The van der Waals surface area contributed by atoms with E-state index in [1.165, 1.54) is 0 Å². The molecule has 2 heterocycles. The Kier molecular flexibility index (Phi) is 4.16. The summed E-state index contributed by atoms with van der Waals surface area (Å²) in [5, 5.41) is 13.5. The topological polar surface area (TPSA) is 69.0 Å². The average molecular weight is 308 g/mol. The maximum atomic E-state index is 11.6. The lowest BCUT2D eigenvalue weighted by Gasteiger charge is -2.22. The van der Waals surface area contributed by atoms with Crippen LogP contribution in [0.15, 0.2) is 24.4 Å².